The number of ether oxygens (including phenoxy) is 1. The van der Waals surface area contributed by atoms with E-state index < -0.39 is 0 Å². The molecule has 0 spiro atoms. The lowest BCUT2D eigenvalue weighted by atomic mass is 9.99. The van der Waals surface area contributed by atoms with E-state index in [2.05, 4.69) is 15.2 Å². The number of aryl methyl sites for hydroxylation is 1. The molecule has 0 bridgehead atoms. The quantitative estimate of drug-likeness (QED) is 0.661. The SMILES string of the molecule is COC(=O)C(C)c1c(C)nn(Cc2nc(-c3ccsc3)no2)c1C. The van der Waals surface area contributed by atoms with Crippen molar-refractivity contribution in [3.05, 3.63) is 39.7 Å². The molecule has 7 nitrogen and oxygen atoms in total. The summed E-state index contributed by atoms with van der Waals surface area (Å²) in [5, 5.41) is 12.4. The molecular formula is C16H18N4O3S. The van der Waals surface area contributed by atoms with Gasteiger partial charge in [0.15, 0.2) is 0 Å². The highest BCUT2D eigenvalue weighted by molar-refractivity contribution is 7.08. The van der Waals surface area contributed by atoms with Crippen LogP contribution in [0.1, 0.15) is 35.7 Å². The number of rotatable bonds is 5. The van der Waals surface area contributed by atoms with E-state index in [1.54, 1.807) is 16.0 Å². The summed E-state index contributed by atoms with van der Waals surface area (Å²) < 4.78 is 11.9. The minimum Gasteiger partial charge on any atom is -0.469 e. The highest BCUT2D eigenvalue weighted by Gasteiger charge is 2.24. The van der Waals surface area contributed by atoms with Crippen molar-refractivity contribution in [1.82, 2.24) is 19.9 Å². The number of carbonyl (C=O) groups is 1. The third-order valence-electron chi connectivity index (χ3n) is 3.96. The van der Waals surface area contributed by atoms with Gasteiger partial charge < -0.3 is 9.26 Å². The molecule has 0 aliphatic carbocycles. The van der Waals surface area contributed by atoms with E-state index in [-0.39, 0.29) is 11.9 Å². The maximum atomic E-state index is 11.8. The maximum absolute atomic E-state index is 11.8. The second-order valence-electron chi connectivity index (χ2n) is 5.51. The van der Waals surface area contributed by atoms with Crippen LogP contribution in [0, 0.1) is 13.8 Å². The highest BCUT2D eigenvalue weighted by Crippen LogP contribution is 2.25. The molecule has 1 atom stereocenters. The van der Waals surface area contributed by atoms with Crippen molar-refractivity contribution in [3.8, 4) is 11.4 Å². The predicted octanol–water partition coefficient (Wildman–Crippen LogP) is 2.94. The number of hydrogen-bond acceptors (Lipinski definition) is 7. The Kier molecular flexibility index (Phi) is 4.48. The number of aromatic nitrogens is 4. The molecule has 0 aliphatic rings. The number of carbonyl (C=O) groups excluding carboxylic acids is 1. The molecule has 0 saturated carbocycles. The summed E-state index contributed by atoms with van der Waals surface area (Å²) in [7, 11) is 1.39. The second kappa shape index (κ2) is 6.56. The number of nitrogens with zero attached hydrogens (tertiary/aromatic N) is 4. The van der Waals surface area contributed by atoms with Crippen LogP contribution in [-0.4, -0.2) is 33.0 Å². The Morgan fingerprint density at radius 1 is 1.46 bits per heavy atom. The zero-order valence-corrected chi connectivity index (χ0v) is 14.8. The smallest absolute Gasteiger partial charge is 0.312 e. The first-order chi connectivity index (χ1) is 11.5. The van der Waals surface area contributed by atoms with Crippen LogP contribution in [0.2, 0.25) is 0 Å². The van der Waals surface area contributed by atoms with Gasteiger partial charge in [-0.25, -0.2) is 0 Å². The van der Waals surface area contributed by atoms with Crippen LogP contribution < -0.4 is 0 Å². The van der Waals surface area contributed by atoms with E-state index in [4.69, 9.17) is 9.26 Å². The van der Waals surface area contributed by atoms with Gasteiger partial charge >= 0.3 is 5.97 Å². The van der Waals surface area contributed by atoms with Gasteiger partial charge in [0.05, 0.1) is 18.7 Å². The first kappa shape index (κ1) is 16.4. The van der Waals surface area contributed by atoms with Gasteiger partial charge in [0.2, 0.25) is 11.7 Å². The van der Waals surface area contributed by atoms with E-state index in [0.717, 1.165) is 22.5 Å². The topological polar surface area (TPSA) is 83.0 Å². The van der Waals surface area contributed by atoms with Gasteiger partial charge in [-0.2, -0.15) is 21.4 Å². The Morgan fingerprint density at radius 3 is 2.92 bits per heavy atom. The van der Waals surface area contributed by atoms with E-state index in [1.807, 2.05) is 37.6 Å². The third-order valence-corrected chi connectivity index (χ3v) is 4.64. The van der Waals surface area contributed by atoms with Gasteiger partial charge in [-0.1, -0.05) is 5.16 Å². The number of hydrogen-bond donors (Lipinski definition) is 0. The first-order valence-corrected chi connectivity index (χ1v) is 8.42. The Labute approximate surface area is 143 Å². The zero-order valence-electron chi connectivity index (χ0n) is 13.9. The molecule has 0 radical (unpaired) electrons. The van der Waals surface area contributed by atoms with Gasteiger partial charge in [-0.15, -0.1) is 0 Å². The summed E-state index contributed by atoms with van der Waals surface area (Å²) in [5.41, 5.74) is 3.49. The predicted molar refractivity (Wildman–Crippen MR) is 88.8 cm³/mol. The minimum absolute atomic E-state index is 0.279. The Morgan fingerprint density at radius 2 is 2.25 bits per heavy atom. The van der Waals surface area contributed by atoms with Crippen molar-refractivity contribution in [2.75, 3.05) is 7.11 Å². The van der Waals surface area contributed by atoms with Crippen LogP contribution in [-0.2, 0) is 16.1 Å². The van der Waals surface area contributed by atoms with Crippen LogP contribution >= 0.6 is 11.3 Å². The van der Waals surface area contributed by atoms with Crippen molar-refractivity contribution in [2.45, 2.75) is 33.2 Å². The lowest BCUT2D eigenvalue weighted by Crippen LogP contribution is -2.13. The van der Waals surface area contributed by atoms with Crippen molar-refractivity contribution in [3.63, 3.8) is 0 Å². The largest absolute Gasteiger partial charge is 0.469 e. The molecule has 126 valence electrons. The highest BCUT2D eigenvalue weighted by atomic mass is 32.1. The zero-order chi connectivity index (χ0) is 17.3. The summed E-state index contributed by atoms with van der Waals surface area (Å²) in [6.07, 6.45) is 0. The van der Waals surface area contributed by atoms with Crippen LogP contribution in [0.4, 0.5) is 0 Å². The molecule has 8 heteroatoms. The van der Waals surface area contributed by atoms with Crippen LogP contribution in [0.5, 0.6) is 0 Å². The van der Waals surface area contributed by atoms with E-state index in [1.165, 1.54) is 7.11 Å². The fourth-order valence-electron chi connectivity index (χ4n) is 2.74. The summed E-state index contributed by atoms with van der Waals surface area (Å²) in [6, 6.07) is 1.94. The summed E-state index contributed by atoms with van der Waals surface area (Å²) in [4.78, 5) is 16.2. The third kappa shape index (κ3) is 2.96. The Bertz CT molecular complexity index is 851. The first-order valence-electron chi connectivity index (χ1n) is 7.48. The molecule has 3 aromatic heterocycles. The number of methoxy groups -OCH3 is 1. The van der Waals surface area contributed by atoms with Crippen LogP contribution in [0.25, 0.3) is 11.4 Å². The number of esters is 1. The molecule has 3 heterocycles. The Balaban J connectivity index is 1.85. The molecule has 0 aliphatic heterocycles. The lowest BCUT2D eigenvalue weighted by molar-refractivity contribution is -0.142. The van der Waals surface area contributed by atoms with Crippen molar-refractivity contribution >= 4 is 17.3 Å². The van der Waals surface area contributed by atoms with Crippen molar-refractivity contribution in [1.29, 1.82) is 0 Å². The van der Waals surface area contributed by atoms with E-state index in [9.17, 15) is 4.79 Å². The minimum atomic E-state index is -0.368. The molecule has 0 aromatic carbocycles. The van der Waals surface area contributed by atoms with Crippen molar-refractivity contribution < 1.29 is 14.1 Å². The number of thiophene rings is 1. The average molecular weight is 346 g/mol. The molecular weight excluding hydrogens is 328 g/mol. The van der Waals surface area contributed by atoms with Crippen LogP contribution in [0.3, 0.4) is 0 Å². The van der Waals surface area contributed by atoms with Gasteiger partial charge in [0, 0.05) is 22.2 Å². The fraction of sp³-hybridized carbons (Fsp3) is 0.375. The van der Waals surface area contributed by atoms with E-state index >= 15 is 0 Å². The van der Waals surface area contributed by atoms with Gasteiger partial charge in [-0.3, -0.25) is 9.48 Å². The summed E-state index contributed by atoms with van der Waals surface area (Å²) >= 11 is 1.58. The molecule has 0 saturated heterocycles. The molecule has 3 aromatic rings. The van der Waals surface area contributed by atoms with Gasteiger partial charge in [0.25, 0.3) is 0 Å². The molecule has 1 unspecified atom stereocenters. The molecule has 0 amide bonds. The van der Waals surface area contributed by atoms with Gasteiger partial charge in [-0.05, 0) is 32.2 Å². The fourth-order valence-corrected chi connectivity index (χ4v) is 3.38. The summed E-state index contributed by atoms with van der Waals surface area (Å²) in [5.74, 6) is 0.390. The lowest BCUT2D eigenvalue weighted by Gasteiger charge is -2.09. The molecule has 0 N–H and O–H groups in total. The summed E-state index contributed by atoms with van der Waals surface area (Å²) in [6.45, 7) is 5.97. The van der Waals surface area contributed by atoms with E-state index in [0.29, 0.717) is 18.3 Å². The maximum Gasteiger partial charge on any atom is 0.312 e. The van der Waals surface area contributed by atoms with Crippen molar-refractivity contribution in [2.24, 2.45) is 0 Å². The normalized spacial score (nSPS) is 12.3. The average Bonchev–Trinajstić information content (AvgIpc) is 3.28. The van der Waals surface area contributed by atoms with Crippen LogP contribution in [0.15, 0.2) is 21.3 Å². The monoisotopic (exact) mass is 346 g/mol. The standard InChI is InChI=1S/C16H18N4O3S/c1-9(16(21)22-4)14-10(2)18-20(11(14)3)7-13-17-15(19-23-13)12-5-6-24-8-12/h5-6,8-9H,7H2,1-4H3. The Hall–Kier alpha value is -2.48. The second-order valence-corrected chi connectivity index (χ2v) is 6.29. The molecule has 24 heavy (non-hydrogen) atoms. The van der Waals surface area contributed by atoms with Gasteiger partial charge in [0.1, 0.15) is 6.54 Å². The molecule has 3 rings (SSSR count). The molecule has 0 fully saturated rings.